The summed E-state index contributed by atoms with van der Waals surface area (Å²) in [5.74, 6) is 0.313. The quantitative estimate of drug-likeness (QED) is 0.570. The van der Waals surface area contributed by atoms with Crippen molar-refractivity contribution in [3.05, 3.63) is 53.6 Å². The van der Waals surface area contributed by atoms with Crippen LogP contribution in [-0.2, 0) is 9.53 Å². The third-order valence-electron chi connectivity index (χ3n) is 5.69. The van der Waals surface area contributed by atoms with Gasteiger partial charge in [0, 0.05) is 11.3 Å². The monoisotopic (exact) mass is 426 g/mol. The highest BCUT2D eigenvalue weighted by molar-refractivity contribution is 7.80. The molecule has 3 atom stereocenters. The Morgan fingerprint density at radius 3 is 2.67 bits per heavy atom. The Bertz CT molecular complexity index is 995. The molecule has 1 saturated heterocycles. The number of fused-ring (bicyclic) bond motifs is 4. The molecule has 1 fully saturated rings. The first kappa shape index (κ1) is 20.5. The molecule has 1 N–H and O–H groups in total. The number of ether oxygens (including phenoxy) is 3. The number of para-hydroxylation sites is 2. The largest absolute Gasteiger partial charge is 0.490 e. The van der Waals surface area contributed by atoms with Crippen molar-refractivity contribution in [3.63, 3.8) is 0 Å². The molecule has 2 aliphatic rings. The fraction of sp³-hybridized carbons (Fsp3) is 0.391. The maximum Gasteiger partial charge on any atom is 0.317 e. The van der Waals surface area contributed by atoms with Gasteiger partial charge in [-0.15, -0.1) is 0 Å². The summed E-state index contributed by atoms with van der Waals surface area (Å²) in [5, 5.41) is 3.89. The number of rotatable bonds is 5. The highest BCUT2D eigenvalue weighted by atomic mass is 32.1. The third kappa shape index (κ3) is 3.08. The van der Waals surface area contributed by atoms with Gasteiger partial charge in [-0.05, 0) is 57.6 Å². The van der Waals surface area contributed by atoms with E-state index in [1.807, 2.05) is 68.1 Å². The Labute approximate surface area is 182 Å². The van der Waals surface area contributed by atoms with Crippen LogP contribution in [0.3, 0.4) is 0 Å². The Morgan fingerprint density at radius 1 is 1.20 bits per heavy atom. The van der Waals surface area contributed by atoms with E-state index in [4.69, 9.17) is 26.4 Å². The molecule has 0 spiro atoms. The molecular formula is C23H26N2O4S. The standard InChI is InChI=1S/C23H26N2O4S/c1-5-27-17-13-9-11-15-19-18(21(26)28-6-2)23(4,29-20(15)17)25(22(30)24-19)16-12-8-7-10-14(16)3/h7-13,18-19H,5-6H2,1-4H3,(H,24,30). The molecule has 4 rings (SSSR count). The lowest BCUT2D eigenvalue weighted by atomic mass is 9.79. The van der Waals surface area contributed by atoms with E-state index in [-0.39, 0.29) is 12.0 Å². The molecule has 2 aromatic carbocycles. The Kier molecular flexibility index (Phi) is 5.32. The molecule has 2 bridgehead atoms. The highest BCUT2D eigenvalue weighted by Crippen LogP contribution is 2.52. The number of thiocarbonyl (C=S) groups is 1. The summed E-state index contributed by atoms with van der Waals surface area (Å²) >= 11 is 5.76. The minimum absolute atomic E-state index is 0.290. The molecule has 3 unspecified atom stereocenters. The number of nitrogens with one attached hydrogen (secondary N) is 1. The number of benzene rings is 2. The van der Waals surface area contributed by atoms with E-state index >= 15 is 0 Å². The van der Waals surface area contributed by atoms with Crippen LogP contribution in [0.15, 0.2) is 42.5 Å². The second kappa shape index (κ2) is 7.80. The molecule has 0 aliphatic carbocycles. The minimum atomic E-state index is -1.09. The minimum Gasteiger partial charge on any atom is -0.490 e. The second-order valence-corrected chi connectivity index (χ2v) is 7.93. The summed E-state index contributed by atoms with van der Waals surface area (Å²) < 4.78 is 17.9. The number of anilines is 1. The molecule has 6 nitrogen and oxygen atoms in total. The first-order valence-corrected chi connectivity index (χ1v) is 10.6. The molecule has 0 aromatic heterocycles. The lowest BCUT2D eigenvalue weighted by molar-refractivity contribution is -0.159. The van der Waals surface area contributed by atoms with Crippen molar-refractivity contribution in [1.29, 1.82) is 0 Å². The van der Waals surface area contributed by atoms with Crippen LogP contribution in [0.25, 0.3) is 0 Å². The molecule has 30 heavy (non-hydrogen) atoms. The van der Waals surface area contributed by atoms with E-state index in [0.717, 1.165) is 16.8 Å². The number of hydrogen-bond donors (Lipinski definition) is 1. The summed E-state index contributed by atoms with van der Waals surface area (Å²) in [4.78, 5) is 15.1. The predicted molar refractivity (Wildman–Crippen MR) is 119 cm³/mol. The van der Waals surface area contributed by atoms with Gasteiger partial charge in [0.15, 0.2) is 16.6 Å². The maximum atomic E-state index is 13.2. The normalized spacial score (nSPS) is 24.4. The lowest BCUT2D eigenvalue weighted by Gasteiger charge is -2.55. The molecule has 0 amide bonds. The Morgan fingerprint density at radius 2 is 1.97 bits per heavy atom. The zero-order valence-electron chi connectivity index (χ0n) is 17.6. The Hall–Kier alpha value is -2.80. The first-order chi connectivity index (χ1) is 14.4. The number of carbonyl (C=O) groups is 1. The van der Waals surface area contributed by atoms with E-state index in [1.165, 1.54) is 0 Å². The van der Waals surface area contributed by atoms with Gasteiger partial charge in [0.25, 0.3) is 0 Å². The van der Waals surface area contributed by atoms with Gasteiger partial charge in [0.1, 0.15) is 5.92 Å². The summed E-state index contributed by atoms with van der Waals surface area (Å²) in [7, 11) is 0. The number of carbonyl (C=O) groups excluding carboxylic acids is 1. The van der Waals surface area contributed by atoms with Gasteiger partial charge in [-0.2, -0.15) is 0 Å². The van der Waals surface area contributed by atoms with Crippen LogP contribution in [0.2, 0.25) is 0 Å². The van der Waals surface area contributed by atoms with Crippen molar-refractivity contribution >= 4 is 29.0 Å². The maximum absolute atomic E-state index is 13.2. The molecule has 158 valence electrons. The van der Waals surface area contributed by atoms with Gasteiger partial charge < -0.3 is 19.5 Å². The molecule has 2 heterocycles. The highest BCUT2D eigenvalue weighted by Gasteiger charge is 2.60. The second-order valence-electron chi connectivity index (χ2n) is 7.54. The van der Waals surface area contributed by atoms with E-state index < -0.39 is 11.6 Å². The van der Waals surface area contributed by atoms with Gasteiger partial charge in [-0.1, -0.05) is 30.3 Å². The van der Waals surface area contributed by atoms with Crippen molar-refractivity contribution in [2.24, 2.45) is 5.92 Å². The van der Waals surface area contributed by atoms with Crippen LogP contribution in [0.5, 0.6) is 11.5 Å². The SMILES string of the molecule is CCOC(=O)C1C2NC(=S)N(c3ccccc3C)C1(C)Oc1c(OCC)cccc12. The van der Waals surface area contributed by atoms with Crippen molar-refractivity contribution in [1.82, 2.24) is 5.32 Å². The number of esters is 1. The van der Waals surface area contributed by atoms with Crippen molar-refractivity contribution < 1.29 is 19.0 Å². The van der Waals surface area contributed by atoms with E-state index in [1.54, 1.807) is 6.92 Å². The van der Waals surface area contributed by atoms with E-state index in [2.05, 4.69) is 5.32 Å². The van der Waals surface area contributed by atoms with Crippen molar-refractivity contribution in [2.75, 3.05) is 18.1 Å². The smallest absolute Gasteiger partial charge is 0.317 e. The van der Waals surface area contributed by atoms with Crippen LogP contribution in [0, 0.1) is 12.8 Å². The fourth-order valence-corrected chi connectivity index (χ4v) is 4.82. The zero-order chi connectivity index (χ0) is 21.5. The predicted octanol–water partition coefficient (Wildman–Crippen LogP) is 4.12. The van der Waals surface area contributed by atoms with Crippen LogP contribution < -0.4 is 19.7 Å². The number of hydrogen-bond acceptors (Lipinski definition) is 5. The Balaban J connectivity index is 1.93. The average molecular weight is 427 g/mol. The van der Waals surface area contributed by atoms with Gasteiger partial charge >= 0.3 is 5.97 Å². The van der Waals surface area contributed by atoms with Gasteiger partial charge in [-0.25, -0.2) is 0 Å². The number of nitrogens with zero attached hydrogens (tertiary/aromatic N) is 1. The summed E-state index contributed by atoms with van der Waals surface area (Å²) in [6.45, 7) is 8.44. The fourth-order valence-electron chi connectivity index (χ4n) is 4.41. The average Bonchev–Trinajstić information content (AvgIpc) is 2.70. The van der Waals surface area contributed by atoms with Gasteiger partial charge in [-0.3, -0.25) is 9.69 Å². The molecular weight excluding hydrogens is 400 g/mol. The molecule has 0 saturated carbocycles. The summed E-state index contributed by atoms with van der Waals surface area (Å²) in [6.07, 6.45) is 0. The summed E-state index contributed by atoms with van der Waals surface area (Å²) in [6, 6.07) is 13.2. The first-order valence-electron chi connectivity index (χ1n) is 10.2. The molecule has 2 aliphatic heterocycles. The van der Waals surface area contributed by atoms with Gasteiger partial charge in [0.2, 0.25) is 5.72 Å². The lowest BCUT2D eigenvalue weighted by Crippen LogP contribution is -2.72. The molecule has 2 aromatic rings. The topological polar surface area (TPSA) is 60.0 Å². The van der Waals surface area contributed by atoms with Crippen LogP contribution in [0.4, 0.5) is 5.69 Å². The number of aryl methyl sites for hydroxylation is 1. The van der Waals surface area contributed by atoms with E-state index in [9.17, 15) is 4.79 Å². The van der Waals surface area contributed by atoms with Crippen molar-refractivity contribution in [3.8, 4) is 11.5 Å². The van der Waals surface area contributed by atoms with Gasteiger partial charge in [0.05, 0.1) is 19.3 Å². The third-order valence-corrected chi connectivity index (χ3v) is 5.99. The van der Waals surface area contributed by atoms with Crippen LogP contribution >= 0.6 is 12.2 Å². The molecule has 0 radical (unpaired) electrons. The van der Waals surface area contributed by atoms with Crippen LogP contribution in [0.1, 0.15) is 37.9 Å². The van der Waals surface area contributed by atoms with Crippen molar-refractivity contribution in [2.45, 2.75) is 39.5 Å². The molecule has 7 heteroatoms. The summed E-state index contributed by atoms with van der Waals surface area (Å²) in [5.41, 5.74) is 1.65. The van der Waals surface area contributed by atoms with Crippen LogP contribution in [-0.4, -0.2) is 30.0 Å². The zero-order valence-corrected chi connectivity index (χ0v) is 18.4. The van der Waals surface area contributed by atoms with E-state index in [0.29, 0.717) is 29.8 Å².